The van der Waals surface area contributed by atoms with Crippen LogP contribution in [0.3, 0.4) is 0 Å². The summed E-state index contributed by atoms with van der Waals surface area (Å²) in [7, 11) is 0. The first-order valence-electron chi connectivity index (χ1n) is 9.79. The van der Waals surface area contributed by atoms with E-state index in [0.29, 0.717) is 29.3 Å². The van der Waals surface area contributed by atoms with E-state index >= 15 is 0 Å². The molecule has 8 nitrogen and oxygen atoms in total. The topological polar surface area (TPSA) is 92.5 Å². The third kappa shape index (κ3) is 3.87. The van der Waals surface area contributed by atoms with Crippen LogP contribution in [0.2, 0.25) is 0 Å². The lowest BCUT2D eigenvalue weighted by Crippen LogP contribution is -2.44. The number of hydrogen-bond donors (Lipinski definition) is 1. The second-order valence-corrected chi connectivity index (χ2v) is 8.52. The number of alkyl halides is 3. The molecule has 4 heterocycles. The molecule has 12 heteroatoms. The summed E-state index contributed by atoms with van der Waals surface area (Å²) in [6.07, 6.45) is 2.34. The van der Waals surface area contributed by atoms with Gasteiger partial charge in [-0.15, -0.1) is 11.3 Å². The molecule has 1 saturated heterocycles. The highest BCUT2D eigenvalue weighted by Crippen LogP contribution is 2.34. The highest BCUT2D eigenvalue weighted by atomic mass is 32.1. The van der Waals surface area contributed by atoms with Crippen LogP contribution in [0, 0.1) is 5.92 Å². The molecule has 5 rings (SSSR count). The standard InChI is InChI=1S/C19H17F3N6O2S/c20-19(21,22)13-2-1-5-28(13)18(30)17-24-12(9-31-17)11-7-27-8-14(25-15(27)6-23-11)26-16(29)10-3-4-10/h6-10,13H,1-5H2,(H,26,29). The van der Waals surface area contributed by atoms with Crippen LogP contribution in [0.15, 0.2) is 24.0 Å². The highest BCUT2D eigenvalue weighted by molar-refractivity contribution is 7.12. The molecule has 0 bridgehead atoms. The summed E-state index contributed by atoms with van der Waals surface area (Å²) >= 11 is 0.990. The van der Waals surface area contributed by atoms with Crippen LogP contribution in [0.25, 0.3) is 17.0 Å². The zero-order valence-corrected chi connectivity index (χ0v) is 16.9. The molecule has 1 saturated carbocycles. The van der Waals surface area contributed by atoms with Crippen LogP contribution in [-0.2, 0) is 4.79 Å². The minimum absolute atomic E-state index is 0.00364. The molecule has 1 N–H and O–H groups in total. The molecule has 1 atom stereocenters. The number of aromatic nitrogens is 4. The largest absolute Gasteiger partial charge is 0.408 e. The summed E-state index contributed by atoms with van der Waals surface area (Å²) in [4.78, 5) is 38.2. The number of halogens is 3. The fraction of sp³-hybridized carbons (Fsp3) is 0.421. The number of likely N-dealkylation sites (tertiary alicyclic amines) is 1. The predicted octanol–water partition coefficient (Wildman–Crippen LogP) is 3.37. The number of nitrogens with one attached hydrogen (secondary N) is 1. The fourth-order valence-corrected chi connectivity index (χ4v) is 4.39. The van der Waals surface area contributed by atoms with E-state index < -0.39 is 18.1 Å². The molecular formula is C19H17F3N6O2S. The number of thiazole rings is 1. The van der Waals surface area contributed by atoms with E-state index in [4.69, 9.17) is 0 Å². The van der Waals surface area contributed by atoms with Crippen molar-refractivity contribution in [2.75, 3.05) is 11.9 Å². The van der Waals surface area contributed by atoms with E-state index in [0.717, 1.165) is 29.1 Å². The molecule has 1 unspecified atom stereocenters. The van der Waals surface area contributed by atoms with Gasteiger partial charge in [0, 0.05) is 24.0 Å². The Morgan fingerprint density at radius 1 is 1.13 bits per heavy atom. The second-order valence-electron chi connectivity index (χ2n) is 7.66. The molecule has 1 aliphatic carbocycles. The third-order valence-electron chi connectivity index (χ3n) is 5.38. The van der Waals surface area contributed by atoms with Gasteiger partial charge in [0.05, 0.1) is 12.4 Å². The SMILES string of the molecule is O=C(Nc1cn2cc(-c3csc(C(=O)N4CCCC4C(F)(F)F)n3)ncc2n1)C1CC1. The number of hydrogen-bond acceptors (Lipinski definition) is 6. The van der Waals surface area contributed by atoms with E-state index in [2.05, 4.69) is 20.3 Å². The van der Waals surface area contributed by atoms with Gasteiger partial charge < -0.3 is 14.6 Å². The van der Waals surface area contributed by atoms with E-state index in [1.54, 1.807) is 22.2 Å². The maximum Gasteiger partial charge on any atom is 0.408 e. The van der Waals surface area contributed by atoms with Crippen molar-refractivity contribution in [1.29, 1.82) is 0 Å². The Bertz CT molecular complexity index is 1170. The second kappa shape index (κ2) is 7.29. The molecule has 3 aromatic rings. The van der Waals surface area contributed by atoms with Gasteiger partial charge in [-0.25, -0.2) is 15.0 Å². The van der Waals surface area contributed by atoms with Crippen LogP contribution in [0.4, 0.5) is 19.0 Å². The van der Waals surface area contributed by atoms with Crippen LogP contribution in [0.1, 0.15) is 35.5 Å². The highest BCUT2D eigenvalue weighted by Gasteiger charge is 2.48. The van der Waals surface area contributed by atoms with Crippen molar-refractivity contribution in [3.05, 3.63) is 29.0 Å². The number of imidazole rings is 1. The lowest BCUT2D eigenvalue weighted by atomic mass is 10.2. The van der Waals surface area contributed by atoms with Crippen molar-refractivity contribution in [3.8, 4) is 11.4 Å². The summed E-state index contributed by atoms with van der Waals surface area (Å²) in [5, 5.41) is 4.35. The maximum atomic E-state index is 13.2. The molecule has 0 spiro atoms. The summed E-state index contributed by atoms with van der Waals surface area (Å²) < 4.78 is 41.2. The van der Waals surface area contributed by atoms with Gasteiger partial charge in [-0.2, -0.15) is 13.2 Å². The zero-order valence-electron chi connectivity index (χ0n) is 16.1. The summed E-state index contributed by atoms with van der Waals surface area (Å²) in [5.41, 5.74) is 1.34. The number of fused-ring (bicyclic) bond motifs is 1. The van der Waals surface area contributed by atoms with Gasteiger partial charge in [-0.05, 0) is 25.7 Å². The molecule has 2 amide bonds. The van der Waals surface area contributed by atoms with Crippen LogP contribution in [0.5, 0.6) is 0 Å². The van der Waals surface area contributed by atoms with Crippen molar-refractivity contribution < 1.29 is 22.8 Å². The zero-order chi connectivity index (χ0) is 21.8. The fourth-order valence-electron chi connectivity index (χ4n) is 3.63. The number of amides is 2. The Morgan fingerprint density at radius 3 is 2.68 bits per heavy atom. The average molecular weight is 450 g/mol. The molecule has 2 fully saturated rings. The predicted molar refractivity (Wildman–Crippen MR) is 106 cm³/mol. The van der Waals surface area contributed by atoms with Crippen molar-refractivity contribution in [1.82, 2.24) is 24.3 Å². The molecule has 1 aliphatic heterocycles. The number of carbonyl (C=O) groups is 2. The van der Waals surface area contributed by atoms with Gasteiger partial charge in [-0.3, -0.25) is 9.59 Å². The van der Waals surface area contributed by atoms with Gasteiger partial charge in [0.1, 0.15) is 17.4 Å². The van der Waals surface area contributed by atoms with E-state index in [1.807, 2.05) is 0 Å². The molecule has 31 heavy (non-hydrogen) atoms. The summed E-state index contributed by atoms with van der Waals surface area (Å²) in [5.74, 6) is -0.308. The number of carbonyl (C=O) groups excluding carboxylic acids is 2. The summed E-state index contributed by atoms with van der Waals surface area (Å²) in [6.45, 7) is 0.0620. The Morgan fingerprint density at radius 2 is 1.94 bits per heavy atom. The Balaban J connectivity index is 1.36. The lowest BCUT2D eigenvalue weighted by molar-refractivity contribution is -0.169. The van der Waals surface area contributed by atoms with Crippen LogP contribution in [-0.4, -0.2) is 54.8 Å². The van der Waals surface area contributed by atoms with Gasteiger partial charge in [-0.1, -0.05) is 0 Å². The maximum absolute atomic E-state index is 13.2. The van der Waals surface area contributed by atoms with Gasteiger partial charge >= 0.3 is 6.18 Å². The van der Waals surface area contributed by atoms with E-state index in [9.17, 15) is 22.8 Å². The Hall–Kier alpha value is -3.02. The number of rotatable bonds is 4. The van der Waals surface area contributed by atoms with E-state index in [1.165, 1.54) is 6.20 Å². The van der Waals surface area contributed by atoms with E-state index in [-0.39, 0.29) is 29.8 Å². The molecular weight excluding hydrogens is 433 g/mol. The van der Waals surface area contributed by atoms with Crippen LogP contribution >= 0.6 is 11.3 Å². The molecule has 3 aromatic heterocycles. The lowest BCUT2D eigenvalue weighted by Gasteiger charge is -2.25. The van der Waals surface area contributed by atoms with Crippen molar-refractivity contribution in [2.45, 2.75) is 37.9 Å². The first kappa shape index (κ1) is 19.9. The van der Waals surface area contributed by atoms with Crippen molar-refractivity contribution >= 4 is 34.6 Å². The molecule has 0 radical (unpaired) electrons. The minimum atomic E-state index is -4.45. The average Bonchev–Trinajstić information content (AvgIpc) is 3.13. The normalized spacial score (nSPS) is 19.2. The minimum Gasteiger partial charge on any atom is -0.324 e. The first-order chi connectivity index (χ1) is 14.8. The number of anilines is 1. The third-order valence-corrected chi connectivity index (χ3v) is 6.21. The first-order valence-corrected chi connectivity index (χ1v) is 10.7. The quantitative estimate of drug-likeness (QED) is 0.658. The Labute approximate surface area is 178 Å². The smallest absolute Gasteiger partial charge is 0.324 e. The van der Waals surface area contributed by atoms with Crippen molar-refractivity contribution in [2.24, 2.45) is 5.92 Å². The van der Waals surface area contributed by atoms with Crippen LogP contribution < -0.4 is 5.32 Å². The molecule has 0 aromatic carbocycles. The van der Waals surface area contributed by atoms with Gasteiger partial charge in [0.25, 0.3) is 5.91 Å². The van der Waals surface area contributed by atoms with Gasteiger partial charge in [0.2, 0.25) is 5.91 Å². The molecule has 2 aliphatic rings. The van der Waals surface area contributed by atoms with Gasteiger partial charge in [0.15, 0.2) is 16.5 Å². The monoisotopic (exact) mass is 450 g/mol. The number of nitrogens with zero attached hydrogens (tertiary/aromatic N) is 5. The molecule has 162 valence electrons. The summed E-state index contributed by atoms with van der Waals surface area (Å²) in [6, 6.07) is -1.77. The Kier molecular flexibility index (Phi) is 4.68. The van der Waals surface area contributed by atoms with Crippen molar-refractivity contribution in [3.63, 3.8) is 0 Å².